The van der Waals surface area contributed by atoms with Crippen molar-refractivity contribution in [3.63, 3.8) is 0 Å². The molecule has 1 aliphatic heterocycles. The van der Waals surface area contributed by atoms with Crippen LogP contribution in [0.15, 0.2) is 24.4 Å². The fraction of sp³-hybridized carbons (Fsp3) is 0.562. The van der Waals surface area contributed by atoms with E-state index in [2.05, 4.69) is 27.1 Å². The fourth-order valence-electron chi connectivity index (χ4n) is 2.96. The smallest absolute Gasteiger partial charge is 0.355 e. The summed E-state index contributed by atoms with van der Waals surface area (Å²) >= 11 is 0. The Kier molecular flexibility index (Phi) is 4.73. The van der Waals surface area contributed by atoms with Crippen LogP contribution in [-0.2, 0) is 12.6 Å². The van der Waals surface area contributed by atoms with Crippen LogP contribution in [0, 0.1) is 0 Å². The molecule has 24 heavy (non-hydrogen) atoms. The third-order valence-electron chi connectivity index (χ3n) is 4.27. The van der Waals surface area contributed by atoms with Crippen LogP contribution in [0.3, 0.4) is 0 Å². The van der Waals surface area contributed by atoms with E-state index in [1.54, 1.807) is 0 Å². The van der Waals surface area contributed by atoms with Gasteiger partial charge >= 0.3 is 6.18 Å². The molecular formula is C16H20F3N5. The lowest BCUT2D eigenvalue weighted by Crippen LogP contribution is -2.35. The predicted molar refractivity (Wildman–Crippen MR) is 83.7 cm³/mol. The molecule has 0 saturated carbocycles. The number of anilines is 1. The average Bonchev–Trinajstić information content (AvgIpc) is 3.06. The van der Waals surface area contributed by atoms with Crippen molar-refractivity contribution in [2.45, 2.75) is 44.8 Å². The lowest BCUT2D eigenvalue weighted by Gasteiger charge is -2.32. The first-order valence-corrected chi connectivity index (χ1v) is 8.17. The first-order chi connectivity index (χ1) is 11.5. The molecule has 8 heteroatoms. The molecule has 1 saturated heterocycles. The zero-order valence-corrected chi connectivity index (χ0v) is 13.5. The van der Waals surface area contributed by atoms with Crippen molar-refractivity contribution in [3.05, 3.63) is 35.8 Å². The van der Waals surface area contributed by atoms with Crippen LogP contribution < -0.4 is 4.90 Å². The molecule has 0 amide bonds. The van der Waals surface area contributed by atoms with E-state index in [9.17, 15) is 13.2 Å². The quantitative estimate of drug-likeness (QED) is 0.855. The number of alkyl halides is 3. The van der Waals surface area contributed by atoms with Gasteiger partial charge in [0.05, 0.1) is 11.7 Å². The number of aryl methyl sites for hydroxylation is 1. The standard InChI is InChI=1S/C16H20F3N5/c1-2-3-12-4-5-15(21-20-12)23-9-6-13(7-10-23)24-11-8-14(22-24)16(17,18)19/h4-5,8,11,13H,2-3,6-7,9-10H2,1H3. The summed E-state index contributed by atoms with van der Waals surface area (Å²) in [4.78, 5) is 2.12. The minimum atomic E-state index is -4.39. The molecule has 2 aromatic rings. The van der Waals surface area contributed by atoms with Gasteiger partial charge in [-0.15, -0.1) is 5.10 Å². The maximum absolute atomic E-state index is 12.6. The number of halogens is 3. The van der Waals surface area contributed by atoms with Crippen LogP contribution in [0.4, 0.5) is 19.0 Å². The molecule has 0 bridgehead atoms. The van der Waals surface area contributed by atoms with Crippen LogP contribution in [0.25, 0.3) is 0 Å². The molecule has 130 valence electrons. The van der Waals surface area contributed by atoms with Gasteiger partial charge in [-0.2, -0.15) is 23.4 Å². The molecule has 0 spiro atoms. The number of nitrogens with zero attached hydrogens (tertiary/aromatic N) is 5. The van der Waals surface area contributed by atoms with Gasteiger partial charge in [0.25, 0.3) is 0 Å². The second kappa shape index (κ2) is 6.78. The molecular weight excluding hydrogens is 319 g/mol. The topological polar surface area (TPSA) is 46.8 Å². The molecule has 1 fully saturated rings. The van der Waals surface area contributed by atoms with E-state index in [0.29, 0.717) is 0 Å². The molecule has 3 heterocycles. The van der Waals surface area contributed by atoms with Crippen molar-refractivity contribution in [1.29, 1.82) is 0 Å². The normalized spacial score (nSPS) is 16.6. The summed E-state index contributed by atoms with van der Waals surface area (Å²) in [5.41, 5.74) is 0.148. The van der Waals surface area contributed by atoms with Crippen LogP contribution in [-0.4, -0.2) is 33.1 Å². The Bertz CT molecular complexity index is 657. The van der Waals surface area contributed by atoms with Gasteiger partial charge in [-0.25, -0.2) is 0 Å². The third kappa shape index (κ3) is 3.68. The number of hydrogen-bond donors (Lipinski definition) is 0. The van der Waals surface area contributed by atoms with Gasteiger partial charge in [0.15, 0.2) is 11.5 Å². The van der Waals surface area contributed by atoms with Gasteiger partial charge in [-0.1, -0.05) is 13.3 Å². The van der Waals surface area contributed by atoms with Gasteiger partial charge in [0.2, 0.25) is 0 Å². The van der Waals surface area contributed by atoms with E-state index in [1.165, 1.54) is 10.9 Å². The first kappa shape index (κ1) is 16.7. The van der Waals surface area contributed by atoms with Gasteiger partial charge in [-0.3, -0.25) is 4.68 Å². The van der Waals surface area contributed by atoms with Crippen molar-refractivity contribution in [1.82, 2.24) is 20.0 Å². The fourth-order valence-corrected chi connectivity index (χ4v) is 2.96. The summed E-state index contributed by atoms with van der Waals surface area (Å²) in [5, 5.41) is 12.2. The van der Waals surface area contributed by atoms with Crippen molar-refractivity contribution >= 4 is 5.82 Å². The minimum absolute atomic E-state index is 0.00956. The van der Waals surface area contributed by atoms with Crippen molar-refractivity contribution in [2.75, 3.05) is 18.0 Å². The van der Waals surface area contributed by atoms with Crippen LogP contribution in [0.2, 0.25) is 0 Å². The Balaban J connectivity index is 1.60. The zero-order chi connectivity index (χ0) is 17.2. The molecule has 2 aromatic heterocycles. The minimum Gasteiger partial charge on any atom is -0.355 e. The molecule has 0 atom stereocenters. The lowest BCUT2D eigenvalue weighted by atomic mass is 10.1. The molecule has 0 unspecified atom stereocenters. The summed E-state index contributed by atoms with van der Waals surface area (Å²) in [5.74, 6) is 0.824. The highest BCUT2D eigenvalue weighted by atomic mass is 19.4. The average molecular weight is 339 g/mol. The molecule has 1 aliphatic rings. The van der Waals surface area contributed by atoms with Gasteiger partial charge in [-0.05, 0) is 37.5 Å². The van der Waals surface area contributed by atoms with Gasteiger partial charge in [0, 0.05) is 19.3 Å². The Morgan fingerprint density at radius 3 is 2.42 bits per heavy atom. The van der Waals surface area contributed by atoms with Crippen LogP contribution >= 0.6 is 0 Å². The van der Waals surface area contributed by atoms with Crippen molar-refractivity contribution < 1.29 is 13.2 Å². The highest BCUT2D eigenvalue weighted by Gasteiger charge is 2.34. The van der Waals surface area contributed by atoms with E-state index in [-0.39, 0.29) is 6.04 Å². The molecule has 3 rings (SSSR count). The van der Waals surface area contributed by atoms with Crippen LogP contribution in [0.5, 0.6) is 0 Å². The number of piperidine rings is 1. The first-order valence-electron chi connectivity index (χ1n) is 8.17. The largest absolute Gasteiger partial charge is 0.435 e. The molecule has 5 nitrogen and oxygen atoms in total. The van der Waals surface area contributed by atoms with Gasteiger partial charge < -0.3 is 4.90 Å². The second-order valence-electron chi connectivity index (χ2n) is 6.03. The maximum atomic E-state index is 12.6. The lowest BCUT2D eigenvalue weighted by molar-refractivity contribution is -0.141. The number of aromatic nitrogens is 4. The Morgan fingerprint density at radius 1 is 1.12 bits per heavy atom. The Morgan fingerprint density at radius 2 is 1.88 bits per heavy atom. The molecule has 0 N–H and O–H groups in total. The van der Waals surface area contributed by atoms with E-state index in [0.717, 1.165) is 56.4 Å². The van der Waals surface area contributed by atoms with Crippen molar-refractivity contribution in [3.8, 4) is 0 Å². The Labute approximate surface area is 138 Å². The number of hydrogen-bond acceptors (Lipinski definition) is 4. The third-order valence-corrected chi connectivity index (χ3v) is 4.27. The highest BCUT2D eigenvalue weighted by Crippen LogP contribution is 2.30. The molecule has 0 aromatic carbocycles. The summed E-state index contributed by atoms with van der Waals surface area (Å²) in [6, 6.07) is 4.98. The van der Waals surface area contributed by atoms with E-state index < -0.39 is 11.9 Å². The number of rotatable bonds is 4. The summed E-state index contributed by atoms with van der Waals surface area (Å²) in [6.45, 7) is 3.56. The molecule has 0 aliphatic carbocycles. The van der Waals surface area contributed by atoms with E-state index in [1.807, 2.05) is 12.1 Å². The van der Waals surface area contributed by atoms with E-state index in [4.69, 9.17) is 0 Å². The van der Waals surface area contributed by atoms with Crippen LogP contribution in [0.1, 0.15) is 43.6 Å². The van der Waals surface area contributed by atoms with Gasteiger partial charge in [0.1, 0.15) is 0 Å². The highest BCUT2D eigenvalue weighted by molar-refractivity contribution is 5.37. The summed E-state index contributed by atoms with van der Waals surface area (Å²) in [7, 11) is 0. The van der Waals surface area contributed by atoms with Crippen molar-refractivity contribution in [2.24, 2.45) is 0 Å². The SMILES string of the molecule is CCCc1ccc(N2CCC(n3ccc(C(F)(F)F)n3)CC2)nn1. The van der Waals surface area contributed by atoms with E-state index >= 15 is 0 Å². The summed E-state index contributed by atoms with van der Waals surface area (Å²) < 4.78 is 39.4. The zero-order valence-electron chi connectivity index (χ0n) is 13.5. The molecule has 0 radical (unpaired) electrons. The Hall–Kier alpha value is -2.12. The second-order valence-corrected chi connectivity index (χ2v) is 6.03. The maximum Gasteiger partial charge on any atom is 0.435 e. The predicted octanol–water partition coefficient (Wildman–Crippen LogP) is 3.49. The monoisotopic (exact) mass is 339 g/mol. The summed E-state index contributed by atoms with van der Waals surface area (Å²) in [6.07, 6.45) is 0.443.